The monoisotopic (exact) mass is 662 g/mol. The van der Waals surface area contributed by atoms with E-state index in [0.717, 1.165) is 37.9 Å². The maximum Gasteiger partial charge on any atom is 0.298 e. The predicted octanol–water partition coefficient (Wildman–Crippen LogP) is 9.13. The van der Waals surface area contributed by atoms with Crippen molar-refractivity contribution in [2.24, 2.45) is 0 Å². The lowest BCUT2D eigenvalue weighted by molar-refractivity contribution is -0.589. The van der Waals surface area contributed by atoms with Crippen LogP contribution in [0.4, 0.5) is 17.1 Å². The highest BCUT2D eigenvalue weighted by Crippen LogP contribution is 2.38. The Bertz CT molecular complexity index is 2170. The molecule has 7 aromatic rings. The Kier molecular flexibility index (Phi) is 9.20. The molecule has 1 N–H and O–H groups in total. The fraction of sp³-hybridized carbons (Fsp3) is 0.0250. The van der Waals surface area contributed by atoms with Crippen LogP contribution in [0.3, 0.4) is 0 Å². The summed E-state index contributed by atoms with van der Waals surface area (Å²) in [6.45, 7) is 0.317. The molecule has 3 aromatic carbocycles. The van der Waals surface area contributed by atoms with Gasteiger partial charge in [0.1, 0.15) is 23.7 Å². The van der Waals surface area contributed by atoms with Crippen LogP contribution in [0.1, 0.15) is 5.56 Å². The van der Waals surface area contributed by atoms with Gasteiger partial charge < -0.3 is 14.2 Å². The standard InChI is InChI=1S/C40H30N4O4S/c1-43-37(22-28(26-48-46)23-38(43)36-25-34(47-27-45)19-21-42-36)35-24-30(18-20-41-35)40-17-16-39(49-40)29-12-14-33(15-13-29)44(31-8-4-2-5-9-31)32-10-6-3-7-11-32/h2-25,27,46H,1,26H2. The number of thiophene rings is 1. The fourth-order valence-corrected chi connectivity index (χ4v) is 6.70. The summed E-state index contributed by atoms with van der Waals surface area (Å²) in [6.07, 6.45) is 3.32. The lowest BCUT2D eigenvalue weighted by Gasteiger charge is -2.25. The van der Waals surface area contributed by atoms with Crippen LogP contribution in [0.2, 0.25) is 0 Å². The van der Waals surface area contributed by atoms with Gasteiger partial charge in [-0.3, -0.25) is 20.0 Å². The van der Waals surface area contributed by atoms with Crippen LogP contribution in [-0.4, -0.2) is 21.7 Å². The zero-order valence-corrected chi connectivity index (χ0v) is 27.0. The minimum Gasteiger partial charge on any atom is -0.429 e. The van der Waals surface area contributed by atoms with Gasteiger partial charge in [-0.2, -0.15) is 0 Å². The molecule has 0 aliphatic rings. The Morgan fingerprint density at radius 2 is 1.27 bits per heavy atom. The van der Waals surface area contributed by atoms with Crippen molar-refractivity contribution in [1.29, 1.82) is 0 Å². The van der Waals surface area contributed by atoms with Crippen molar-refractivity contribution in [2.45, 2.75) is 6.61 Å². The number of ether oxygens (including phenoxy) is 1. The van der Waals surface area contributed by atoms with Gasteiger partial charge in [0, 0.05) is 52.3 Å². The van der Waals surface area contributed by atoms with E-state index in [1.165, 1.54) is 0 Å². The van der Waals surface area contributed by atoms with Crippen LogP contribution < -0.4 is 14.2 Å². The van der Waals surface area contributed by atoms with Crippen LogP contribution in [0.15, 0.2) is 146 Å². The topological polar surface area (TPSA) is 88.7 Å². The average Bonchev–Trinajstić information content (AvgIpc) is 3.65. The minimum absolute atomic E-state index is 0.0490. The van der Waals surface area contributed by atoms with Gasteiger partial charge in [0.2, 0.25) is 0 Å². The molecule has 8 nitrogen and oxygen atoms in total. The zero-order chi connectivity index (χ0) is 33.6. The number of para-hydroxylation sites is 2. The SMILES string of the molecule is [CH2-][n+]1c(-c2cc(OC=O)ccn2)cc(COO)cc1-c1cc(-c2ccc(-c3ccc(N(c4ccccc4)c4ccccc4)cc3)s2)ccn1. The van der Waals surface area contributed by atoms with Crippen LogP contribution in [-0.2, 0) is 16.3 Å². The molecule has 0 aliphatic carbocycles. The summed E-state index contributed by atoms with van der Waals surface area (Å²) < 4.78 is 6.74. The van der Waals surface area contributed by atoms with E-state index in [1.54, 1.807) is 46.5 Å². The molecule has 0 radical (unpaired) electrons. The van der Waals surface area contributed by atoms with E-state index in [1.807, 2.05) is 30.3 Å². The van der Waals surface area contributed by atoms with E-state index < -0.39 is 0 Å². The molecule has 7 rings (SSSR count). The molecular formula is C40H30N4O4S. The zero-order valence-electron chi connectivity index (χ0n) is 26.2. The number of hydrogen-bond donors (Lipinski definition) is 1. The molecule has 0 atom stereocenters. The highest BCUT2D eigenvalue weighted by Gasteiger charge is 2.17. The summed E-state index contributed by atoms with van der Waals surface area (Å²) in [5, 5.41) is 9.25. The van der Waals surface area contributed by atoms with E-state index in [9.17, 15) is 10.1 Å². The number of benzene rings is 3. The van der Waals surface area contributed by atoms with Crippen LogP contribution in [0.5, 0.6) is 5.75 Å². The summed E-state index contributed by atoms with van der Waals surface area (Å²) in [5.74, 6) is 0.346. The van der Waals surface area contributed by atoms with Gasteiger partial charge in [-0.05, 0) is 95.6 Å². The quantitative estimate of drug-likeness (QED) is 0.0486. The summed E-state index contributed by atoms with van der Waals surface area (Å²) in [5.41, 5.74) is 8.57. The Labute approximate surface area is 287 Å². The van der Waals surface area contributed by atoms with Gasteiger partial charge in [0.05, 0.1) is 11.4 Å². The first-order chi connectivity index (χ1) is 24.1. The van der Waals surface area contributed by atoms with E-state index in [2.05, 4.69) is 112 Å². The second kappa shape index (κ2) is 14.3. The smallest absolute Gasteiger partial charge is 0.298 e. The number of hydrogen-bond acceptors (Lipinski definition) is 8. The fourth-order valence-electron chi connectivity index (χ4n) is 5.69. The second-order valence-electron chi connectivity index (χ2n) is 11.1. The summed E-state index contributed by atoms with van der Waals surface area (Å²) in [6, 6.07) is 44.5. The third-order valence-electron chi connectivity index (χ3n) is 7.99. The first-order valence-corrected chi connectivity index (χ1v) is 16.2. The van der Waals surface area contributed by atoms with Crippen molar-refractivity contribution in [2.75, 3.05) is 4.90 Å². The van der Waals surface area contributed by atoms with Gasteiger partial charge in [0.25, 0.3) is 6.47 Å². The molecule has 4 heterocycles. The second-order valence-corrected chi connectivity index (χ2v) is 12.2. The Morgan fingerprint density at radius 3 is 1.88 bits per heavy atom. The van der Waals surface area contributed by atoms with Crippen molar-refractivity contribution in [3.05, 3.63) is 158 Å². The molecular weight excluding hydrogens is 633 g/mol. The average molecular weight is 663 g/mol. The van der Waals surface area contributed by atoms with Gasteiger partial charge >= 0.3 is 0 Å². The van der Waals surface area contributed by atoms with Gasteiger partial charge in [0.15, 0.2) is 0 Å². The molecule has 0 spiro atoms. The molecule has 0 saturated carbocycles. The number of carbonyl (C=O) groups is 1. The molecule has 0 aliphatic heterocycles. The number of anilines is 3. The number of aromatic nitrogens is 3. The number of pyridine rings is 3. The molecule has 4 aromatic heterocycles. The summed E-state index contributed by atoms with van der Waals surface area (Å²) in [4.78, 5) is 29.0. The molecule has 0 unspecified atom stereocenters. The van der Waals surface area contributed by atoms with Crippen molar-refractivity contribution >= 4 is 34.9 Å². The number of nitrogens with zero attached hydrogens (tertiary/aromatic N) is 4. The molecule has 0 bridgehead atoms. The van der Waals surface area contributed by atoms with Gasteiger partial charge in [-0.25, -0.2) is 4.89 Å². The van der Waals surface area contributed by atoms with Gasteiger partial charge in [-0.1, -0.05) is 48.5 Å². The van der Waals surface area contributed by atoms with E-state index >= 15 is 0 Å². The molecule has 240 valence electrons. The molecule has 49 heavy (non-hydrogen) atoms. The highest BCUT2D eigenvalue weighted by molar-refractivity contribution is 7.18. The first kappa shape index (κ1) is 31.5. The third kappa shape index (κ3) is 6.81. The first-order valence-electron chi connectivity index (χ1n) is 15.4. The summed E-state index contributed by atoms with van der Waals surface area (Å²) >= 11 is 1.70. The normalized spacial score (nSPS) is 10.9. The number of rotatable bonds is 11. The largest absolute Gasteiger partial charge is 0.429 e. The van der Waals surface area contributed by atoms with Crippen LogP contribution in [0.25, 0.3) is 43.7 Å². The van der Waals surface area contributed by atoms with Crippen molar-refractivity contribution in [3.8, 4) is 49.4 Å². The highest BCUT2D eigenvalue weighted by atomic mass is 32.1. The third-order valence-corrected chi connectivity index (χ3v) is 9.17. The van der Waals surface area contributed by atoms with Crippen molar-refractivity contribution < 1.29 is 24.2 Å². The molecule has 0 amide bonds. The Balaban J connectivity index is 1.19. The van der Waals surface area contributed by atoms with Gasteiger partial charge in [-0.15, -0.1) is 11.3 Å². The summed E-state index contributed by atoms with van der Waals surface area (Å²) in [7, 11) is 4.28. The molecule has 0 fully saturated rings. The van der Waals surface area contributed by atoms with E-state index in [4.69, 9.17) is 4.74 Å². The van der Waals surface area contributed by atoms with Crippen LogP contribution in [0, 0.1) is 7.05 Å². The molecule has 9 heteroatoms. The maximum atomic E-state index is 10.9. The van der Waals surface area contributed by atoms with Crippen molar-refractivity contribution in [3.63, 3.8) is 0 Å². The maximum absolute atomic E-state index is 10.9. The lowest BCUT2D eigenvalue weighted by Crippen LogP contribution is -2.32. The minimum atomic E-state index is -0.0490. The van der Waals surface area contributed by atoms with E-state index in [0.29, 0.717) is 40.6 Å². The molecule has 0 saturated heterocycles. The van der Waals surface area contributed by atoms with E-state index in [-0.39, 0.29) is 6.61 Å². The lowest BCUT2D eigenvalue weighted by atomic mass is 10.1. The Hall–Kier alpha value is -6.13. The predicted molar refractivity (Wildman–Crippen MR) is 191 cm³/mol. The van der Waals surface area contributed by atoms with Crippen molar-refractivity contribution in [1.82, 2.24) is 9.97 Å². The van der Waals surface area contributed by atoms with Crippen LogP contribution >= 0.6 is 11.3 Å². The number of carbonyl (C=O) groups excluding carboxylic acids is 1. The Morgan fingerprint density at radius 1 is 0.694 bits per heavy atom.